The quantitative estimate of drug-likeness (QED) is 0.375. The highest BCUT2D eigenvalue weighted by Gasteiger charge is 2.46. The van der Waals surface area contributed by atoms with E-state index < -0.39 is 24.9 Å². The Morgan fingerprint density at radius 3 is 2.57 bits per heavy atom. The smallest absolute Gasteiger partial charge is 0.282 e. The maximum atomic E-state index is 12.9. The first kappa shape index (κ1) is 19.4. The van der Waals surface area contributed by atoms with Crippen LogP contribution < -0.4 is 0 Å². The average molecular weight is 362 g/mol. The van der Waals surface area contributed by atoms with E-state index in [1.165, 1.54) is 29.1 Å². The summed E-state index contributed by atoms with van der Waals surface area (Å²) >= 11 is 7.27. The van der Waals surface area contributed by atoms with E-state index in [1.54, 1.807) is 12.3 Å². The maximum absolute atomic E-state index is 12.9. The third-order valence-corrected chi connectivity index (χ3v) is 3.97. The predicted molar refractivity (Wildman–Crippen MR) is 92.4 cm³/mol. The molecule has 1 fully saturated rings. The molecule has 0 aromatic rings. The first-order valence-corrected chi connectivity index (χ1v) is 7.88. The van der Waals surface area contributed by atoms with Crippen molar-refractivity contribution in [2.24, 2.45) is 5.10 Å². The highest BCUT2D eigenvalue weighted by Crippen LogP contribution is 2.27. The van der Waals surface area contributed by atoms with Gasteiger partial charge in [-0.1, -0.05) is 43.1 Å². The normalized spacial score (nSPS) is 17.3. The minimum atomic E-state index is -2.80. The predicted octanol–water partition coefficient (Wildman–Crippen LogP) is 3.80. The second-order valence-corrected chi connectivity index (χ2v) is 6.30. The van der Waals surface area contributed by atoms with E-state index in [4.69, 9.17) is 11.6 Å². The van der Waals surface area contributed by atoms with Gasteiger partial charge in [-0.05, 0) is 18.4 Å². The van der Waals surface area contributed by atoms with E-state index in [0.29, 0.717) is 15.6 Å². The Balaban J connectivity index is 2.83. The van der Waals surface area contributed by atoms with Crippen LogP contribution >= 0.6 is 23.4 Å². The van der Waals surface area contributed by atoms with Gasteiger partial charge in [0.2, 0.25) is 5.91 Å². The van der Waals surface area contributed by atoms with Crippen LogP contribution in [0.15, 0.2) is 52.0 Å². The van der Waals surface area contributed by atoms with Gasteiger partial charge in [-0.2, -0.15) is 5.10 Å². The van der Waals surface area contributed by atoms with Crippen molar-refractivity contribution in [3.63, 3.8) is 0 Å². The first-order chi connectivity index (χ1) is 10.7. The molecule has 0 aromatic heterocycles. The van der Waals surface area contributed by atoms with Crippen LogP contribution in [0.2, 0.25) is 0 Å². The van der Waals surface area contributed by atoms with Gasteiger partial charge in [0, 0.05) is 4.91 Å². The largest absolute Gasteiger partial charge is 0.329 e. The van der Waals surface area contributed by atoms with Gasteiger partial charge in [0.05, 0.1) is 30.0 Å². The van der Waals surface area contributed by atoms with Crippen molar-refractivity contribution in [3.8, 4) is 0 Å². The van der Waals surface area contributed by atoms with Crippen LogP contribution in [-0.4, -0.2) is 47.6 Å². The number of allylic oxidation sites excluding steroid dienone is 4. The third-order valence-electron chi connectivity index (χ3n) is 2.97. The fraction of sp³-hybridized carbons (Fsp3) is 0.333. The standard InChI is InChI=1S/C15H18ClF2N3OS/c1-5-13(16)12(4)21(19-7-11(3)23-6-2)8-14(22)20-9-15(17,18)10-20/h5-7H,1-3,8-10H2,4H3/b13-12+,19-7-. The van der Waals surface area contributed by atoms with Crippen LogP contribution in [0.5, 0.6) is 0 Å². The summed E-state index contributed by atoms with van der Waals surface area (Å²) < 4.78 is 25.7. The molecule has 0 aromatic carbocycles. The molecule has 0 unspecified atom stereocenters. The number of nitrogens with zero attached hydrogens (tertiary/aromatic N) is 3. The highest BCUT2D eigenvalue weighted by molar-refractivity contribution is 8.06. The van der Waals surface area contributed by atoms with Crippen LogP contribution in [0.3, 0.4) is 0 Å². The number of amides is 1. The molecule has 0 aliphatic carbocycles. The minimum absolute atomic E-state index is 0.200. The SMILES string of the molecule is C=CSC(=C)/C=N\N(CC(=O)N1CC(F)(F)C1)/C(C)=C(/Cl)C=C. The first-order valence-electron chi connectivity index (χ1n) is 6.62. The monoisotopic (exact) mass is 361 g/mol. The minimum Gasteiger partial charge on any atom is -0.329 e. The lowest BCUT2D eigenvalue weighted by atomic mass is 10.1. The van der Waals surface area contributed by atoms with Crippen molar-refractivity contribution in [3.05, 3.63) is 46.9 Å². The number of carbonyl (C=O) groups is 1. The van der Waals surface area contributed by atoms with Crippen LogP contribution in [0.25, 0.3) is 0 Å². The Labute approximate surface area is 143 Å². The van der Waals surface area contributed by atoms with Gasteiger partial charge in [-0.25, -0.2) is 8.78 Å². The molecule has 0 spiro atoms. The van der Waals surface area contributed by atoms with Gasteiger partial charge >= 0.3 is 0 Å². The van der Waals surface area contributed by atoms with Gasteiger partial charge in [-0.3, -0.25) is 9.80 Å². The fourth-order valence-electron chi connectivity index (χ4n) is 1.71. The molecule has 0 radical (unpaired) electrons. The van der Waals surface area contributed by atoms with E-state index >= 15 is 0 Å². The van der Waals surface area contributed by atoms with Gasteiger partial charge in [0.25, 0.3) is 5.92 Å². The number of hydrogen-bond acceptors (Lipinski definition) is 4. The summed E-state index contributed by atoms with van der Waals surface area (Å²) in [6.07, 6.45) is 2.86. The van der Waals surface area contributed by atoms with Crippen molar-refractivity contribution in [2.45, 2.75) is 12.8 Å². The molecule has 1 heterocycles. The second kappa shape index (κ2) is 8.31. The number of hydrogen-bond donors (Lipinski definition) is 0. The third kappa shape index (κ3) is 5.84. The molecule has 8 heteroatoms. The number of alkyl halides is 2. The van der Waals surface area contributed by atoms with Crippen LogP contribution in [-0.2, 0) is 4.79 Å². The lowest BCUT2D eigenvalue weighted by molar-refractivity contribution is -0.166. The van der Waals surface area contributed by atoms with E-state index in [-0.39, 0.29) is 6.54 Å². The summed E-state index contributed by atoms with van der Waals surface area (Å²) in [6.45, 7) is 11.2. The van der Waals surface area contributed by atoms with Crippen LogP contribution in [0.1, 0.15) is 6.92 Å². The highest BCUT2D eigenvalue weighted by atomic mass is 35.5. The summed E-state index contributed by atoms with van der Waals surface area (Å²) in [4.78, 5) is 13.7. The molecule has 0 bridgehead atoms. The summed E-state index contributed by atoms with van der Waals surface area (Å²) in [5, 5.41) is 7.37. The zero-order valence-corrected chi connectivity index (χ0v) is 14.3. The number of carbonyl (C=O) groups excluding carboxylic acids is 1. The molecule has 4 nitrogen and oxygen atoms in total. The fourth-order valence-corrected chi connectivity index (χ4v) is 2.12. The molecule has 23 heavy (non-hydrogen) atoms. The summed E-state index contributed by atoms with van der Waals surface area (Å²) in [6, 6.07) is 0. The zero-order chi connectivity index (χ0) is 17.6. The van der Waals surface area contributed by atoms with Crippen molar-refractivity contribution in [2.75, 3.05) is 19.6 Å². The van der Waals surface area contributed by atoms with E-state index in [2.05, 4.69) is 24.8 Å². The molecule has 0 N–H and O–H groups in total. The summed E-state index contributed by atoms with van der Waals surface area (Å²) in [5.41, 5.74) is 0.481. The van der Waals surface area contributed by atoms with Gasteiger partial charge in [-0.15, -0.1) is 0 Å². The number of likely N-dealkylation sites (tertiary alicyclic amines) is 1. The molecule has 1 aliphatic heterocycles. The molecule has 0 atom stereocenters. The molecule has 1 rings (SSSR count). The molecule has 1 saturated heterocycles. The lowest BCUT2D eigenvalue weighted by Gasteiger charge is -2.39. The Morgan fingerprint density at radius 1 is 1.48 bits per heavy atom. The molecular formula is C15H18ClF2N3OS. The zero-order valence-electron chi connectivity index (χ0n) is 12.8. The lowest BCUT2D eigenvalue weighted by Crippen LogP contribution is -2.59. The van der Waals surface area contributed by atoms with Crippen molar-refractivity contribution in [1.29, 1.82) is 0 Å². The van der Waals surface area contributed by atoms with E-state index in [1.807, 2.05) is 0 Å². The number of rotatable bonds is 8. The molecular weight excluding hydrogens is 344 g/mol. The summed E-state index contributed by atoms with van der Waals surface area (Å²) in [5.74, 6) is -3.26. The second-order valence-electron chi connectivity index (χ2n) is 4.80. The topological polar surface area (TPSA) is 35.9 Å². The molecule has 1 aliphatic rings. The average Bonchev–Trinajstić information content (AvgIpc) is 2.47. The van der Waals surface area contributed by atoms with Crippen molar-refractivity contribution >= 4 is 35.5 Å². The molecule has 1 amide bonds. The Hall–Kier alpha value is -1.60. The van der Waals surface area contributed by atoms with Crippen molar-refractivity contribution < 1.29 is 13.6 Å². The van der Waals surface area contributed by atoms with E-state index in [0.717, 1.165) is 4.90 Å². The summed E-state index contributed by atoms with van der Waals surface area (Å²) in [7, 11) is 0. The number of halogens is 3. The number of hydrazone groups is 1. The van der Waals surface area contributed by atoms with Crippen LogP contribution in [0, 0.1) is 0 Å². The Morgan fingerprint density at radius 2 is 2.09 bits per heavy atom. The Bertz CT molecular complexity index is 567. The molecule has 126 valence electrons. The number of thioether (sulfide) groups is 1. The van der Waals surface area contributed by atoms with Gasteiger partial charge < -0.3 is 4.90 Å². The Kier molecular flexibility index (Phi) is 7.02. The van der Waals surface area contributed by atoms with E-state index in [9.17, 15) is 13.6 Å². The maximum Gasteiger partial charge on any atom is 0.282 e. The van der Waals surface area contributed by atoms with Crippen molar-refractivity contribution in [1.82, 2.24) is 9.91 Å². The van der Waals surface area contributed by atoms with Crippen LogP contribution in [0.4, 0.5) is 8.78 Å². The van der Waals surface area contributed by atoms with Gasteiger partial charge in [0.1, 0.15) is 6.54 Å². The van der Waals surface area contributed by atoms with Gasteiger partial charge in [0.15, 0.2) is 0 Å². The molecule has 0 saturated carbocycles.